The highest BCUT2D eigenvalue weighted by atomic mass is 16.4. The van der Waals surface area contributed by atoms with Crippen LogP contribution in [0.2, 0.25) is 0 Å². The smallest absolute Gasteiger partial charge is 0.336 e. The first-order valence-electron chi connectivity index (χ1n) is 13.1. The van der Waals surface area contributed by atoms with E-state index in [9.17, 15) is 19.5 Å². The normalized spacial score (nSPS) is 11.7. The molecule has 40 heavy (non-hydrogen) atoms. The van der Waals surface area contributed by atoms with Crippen molar-refractivity contribution in [2.45, 2.75) is 33.1 Å². The number of amides is 3. The van der Waals surface area contributed by atoms with Crippen LogP contribution in [0.1, 0.15) is 69.2 Å². The van der Waals surface area contributed by atoms with Crippen molar-refractivity contribution < 1.29 is 19.5 Å². The zero-order chi connectivity index (χ0) is 29.1. The van der Waals surface area contributed by atoms with Crippen LogP contribution in [0.5, 0.6) is 0 Å². The number of carboxylic acids is 1. The molecule has 6 N–H and O–H groups in total. The third-order valence-corrected chi connectivity index (χ3v) is 7.12. The Labute approximate surface area is 232 Å². The van der Waals surface area contributed by atoms with E-state index >= 15 is 0 Å². The summed E-state index contributed by atoms with van der Waals surface area (Å²) >= 11 is 0. The second-order valence-electron chi connectivity index (χ2n) is 9.73. The molecule has 0 aliphatic heterocycles. The van der Waals surface area contributed by atoms with Crippen LogP contribution in [0.15, 0.2) is 60.8 Å². The fraction of sp³-hybridized carbons (Fsp3) is 0.226. The van der Waals surface area contributed by atoms with Gasteiger partial charge in [-0.2, -0.15) is 0 Å². The van der Waals surface area contributed by atoms with E-state index < -0.39 is 17.9 Å². The number of imide groups is 1. The summed E-state index contributed by atoms with van der Waals surface area (Å²) in [5, 5.41) is 21.4. The molecule has 9 nitrogen and oxygen atoms in total. The van der Waals surface area contributed by atoms with Crippen LogP contribution in [-0.4, -0.2) is 52.3 Å². The van der Waals surface area contributed by atoms with E-state index in [0.29, 0.717) is 29.7 Å². The maximum absolute atomic E-state index is 13.3. The van der Waals surface area contributed by atoms with E-state index in [1.54, 1.807) is 37.3 Å². The number of hydrogen-bond acceptors (Lipinski definition) is 4. The molecule has 3 aromatic carbocycles. The van der Waals surface area contributed by atoms with Crippen molar-refractivity contribution in [1.82, 2.24) is 15.2 Å². The number of urea groups is 1. The summed E-state index contributed by atoms with van der Waals surface area (Å²) < 4.78 is 0. The highest BCUT2D eigenvalue weighted by molar-refractivity contribution is 6.05. The topological polar surface area (TPSA) is 152 Å². The van der Waals surface area contributed by atoms with Crippen LogP contribution in [0.4, 0.5) is 4.79 Å². The van der Waals surface area contributed by atoms with Gasteiger partial charge in [0, 0.05) is 47.7 Å². The molecule has 0 spiro atoms. The van der Waals surface area contributed by atoms with Gasteiger partial charge in [0.25, 0.3) is 5.91 Å². The third-order valence-electron chi connectivity index (χ3n) is 7.12. The van der Waals surface area contributed by atoms with Crippen LogP contribution in [0.3, 0.4) is 0 Å². The first-order valence-corrected chi connectivity index (χ1v) is 13.1. The van der Waals surface area contributed by atoms with Crippen molar-refractivity contribution in [3.8, 4) is 11.1 Å². The molecule has 1 heterocycles. The number of rotatable bonds is 8. The van der Waals surface area contributed by atoms with Crippen LogP contribution in [-0.2, 0) is 0 Å². The predicted molar refractivity (Wildman–Crippen MR) is 156 cm³/mol. The SMILES string of the molecule is CCNC(=O)N(C)C(=O)c1ccc(C(CC)c2c[nH]c3cc(C(=N)N)ccc23)c(-c2ccc(C)cc2C(=O)O)c1. The van der Waals surface area contributed by atoms with E-state index in [4.69, 9.17) is 11.1 Å². The molecule has 0 aliphatic rings. The Morgan fingerprint density at radius 2 is 1.73 bits per heavy atom. The molecule has 0 aliphatic carbocycles. The minimum Gasteiger partial charge on any atom is -0.478 e. The van der Waals surface area contributed by atoms with Gasteiger partial charge < -0.3 is 21.1 Å². The Morgan fingerprint density at radius 3 is 2.38 bits per heavy atom. The third kappa shape index (κ3) is 5.31. The van der Waals surface area contributed by atoms with Crippen molar-refractivity contribution >= 4 is 34.6 Å². The number of nitrogens with zero attached hydrogens (tertiary/aromatic N) is 1. The molecule has 4 aromatic rings. The number of aromatic amines is 1. The number of H-pyrrole nitrogens is 1. The number of benzene rings is 3. The van der Waals surface area contributed by atoms with E-state index in [0.717, 1.165) is 32.5 Å². The first kappa shape index (κ1) is 28.1. The van der Waals surface area contributed by atoms with Gasteiger partial charge in [-0.05, 0) is 66.8 Å². The zero-order valence-electron chi connectivity index (χ0n) is 23.0. The summed E-state index contributed by atoms with van der Waals surface area (Å²) in [6.45, 7) is 6.02. The molecule has 9 heteroatoms. The number of nitrogen functional groups attached to an aromatic ring is 1. The van der Waals surface area contributed by atoms with Crippen molar-refractivity contribution in [3.63, 3.8) is 0 Å². The van der Waals surface area contributed by atoms with Gasteiger partial charge >= 0.3 is 12.0 Å². The summed E-state index contributed by atoms with van der Waals surface area (Å²) in [7, 11) is 1.41. The molecule has 1 unspecified atom stereocenters. The Balaban J connectivity index is 1.93. The number of aromatic carboxylic acids is 1. The summed E-state index contributed by atoms with van der Waals surface area (Å²) in [6.07, 6.45) is 2.61. The molecule has 3 amide bonds. The molecular weight excluding hydrogens is 506 g/mol. The van der Waals surface area contributed by atoms with E-state index in [1.165, 1.54) is 7.05 Å². The standard InChI is InChI=1S/C31H33N5O4/c1-5-20(26-16-35-27-15-18(28(32)33)8-12-23(26)27)21-11-9-19(29(37)36(4)31(40)34-6-2)14-24(21)22-10-7-17(3)13-25(22)30(38)39/h7-16,20,35H,5-6H2,1-4H3,(H3,32,33)(H,34,40)(H,38,39). The largest absolute Gasteiger partial charge is 0.478 e. The fourth-order valence-corrected chi connectivity index (χ4v) is 5.06. The van der Waals surface area contributed by atoms with Crippen LogP contribution in [0.25, 0.3) is 22.0 Å². The predicted octanol–water partition coefficient (Wildman–Crippen LogP) is 5.47. The maximum atomic E-state index is 13.3. The molecule has 0 saturated carbocycles. The highest BCUT2D eigenvalue weighted by Crippen LogP contribution is 2.40. The Bertz CT molecular complexity index is 1640. The second-order valence-corrected chi connectivity index (χ2v) is 9.73. The summed E-state index contributed by atoms with van der Waals surface area (Å²) in [5.41, 5.74) is 11.3. The molecule has 1 atom stereocenters. The Kier molecular flexibility index (Phi) is 8.04. The average molecular weight is 540 g/mol. The van der Waals surface area contributed by atoms with Gasteiger partial charge in [-0.15, -0.1) is 0 Å². The lowest BCUT2D eigenvalue weighted by Crippen LogP contribution is -2.41. The number of aromatic nitrogens is 1. The Morgan fingerprint density at radius 1 is 1.00 bits per heavy atom. The van der Waals surface area contributed by atoms with Crippen molar-refractivity contribution in [2.75, 3.05) is 13.6 Å². The quantitative estimate of drug-likeness (QED) is 0.148. The van der Waals surface area contributed by atoms with E-state index in [2.05, 4.69) is 10.3 Å². The maximum Gasteiger partial charge on any atom is 0.336 e. The number of hydrogen-bond donors (Lipinski definition) is 5. The number of nitrogens with two attached hydrogens (primary N) is 1. The number of aryl methyl sites for hydroxylation is 1. The molecule has 0 saturated heterocycles. The number of carbonyl (C=O) groups is 3. The van der Waals surface area contributed by atoms with E-state index in [1.807, 2.05) is 44.3 Å². The van der Waals surface area contributed by atoms with Crippen molar-refractivity contribution in [2.24, 2.45) is 5.73 Å². The number of nitrogens with one attached hydrogen (secondary N) is 3. The number of amidine groups is 1. The lowest BCUT2D eigenvalue weighted by molar-refractivity contribution is 0.0697. The molecule has 0 fully saturated rings. The number of fused-ring (bicyclic) bond motifs is 1. The number of carbonyl (C=O) groups excluding carboxylic acids is 2. The molecular formula is C31H33N5O4. The summed E-state index contributed by atoms with van der Waals surface area (Å²) in [4.78, 5) is 42.2. The van der Waals surface area contributed by atoms with Gasteiger partial charge in [0.05, 0.1) is 5.56 Å². The van der Waals surface area contributed by atoms with Gasteiger partial charge in [-0.1, -0.05) is 42.8 Å². The first-order chi connectivity index (χ1) is 19.1. The fourth-order valence-electron chi connectivity index (χ4n) is 5.06. The zero-order valence-corrected chi connectivity index (χ0v) is 23.0. The van der Waals surface area contributed by atoms with Gasteiger partial charge in [0.1, 0.15) is 5.84 Å². The minimum atomic E-state index is -1.07. The van der Waals surface area contributed by atoms with Crippen LogP contribution >= 0.6 is 0 Å². The van der Waals surface area contributed by atoms with E-state index in [-0.39, 0.29) is 22.9 Å². The van der Waals surface area contributed by atoms with Gasteiger partial charge in [-0.3, -0.25) is 15.1 Å². The van der Waals surface area contributed by atoms with Crippen molar-refractivity contribution in [3.05, 3.63) is 94.2 Å². The molecule has 1 aromatic heterocycles. The Hall–Kier alpha value is -4.92. The summed E-state index contributed by atoms with van der Waals surface area (Å²) in [6, 6.07) is 15.5. The summed E-state index contributed by atoms with van der Waals surface area (Å²) in [5.74, 6) is -1.75. The monoisotopic (exact) mass is 539 g/mol. The molecule has 206 valence electrons. The highest BCUT2D eigenvalue weighted by Gasteiger charge is 2.25. The van der Waals surface area contributed by atoms with Crippen molar-refractivity contribution in [1.29, 1.82) is 5.41 Å². The second kappa shape index (κ2) is 11.4. The lowest BCUT2D eigenvalue weighted by Gasteiger charge is -2.22. The lowest BCUT2D eigenvalue weighted by atomic mass is 9.82. The van der Waals surface area contributed by atoms with Gasteiger partial charge in [0.2, 0.25) is 0 Å². The van der Waals surface area contributed by atoms with Gasteiger partial charge in [-0.25, -0.2) is 9.59 Å². The molecule has 0 radical (unpaired) electrons. The van der Waals surface area contributed by atoms with Gasteiger partial charge in [0.15, 0.2) is 0 Å². The molecule has 4 rings (SSSR count). The van der Waals surface area contributed by atoms with Crippen LogP contribution < -0.4 is 11.1 Å². The van der Waals surface area contributed by atoms with Crippen LogP contribution in [0, 0.1) is 12.3 Å². The molecule has 0 bridgehead atoms. The average Bonchev–Trinajstić information content (AvgIpc) is 3.36. The number of carboxylic acid groups (broad SMARTS) is 1. The minimum absolute atomic E-state index is 0.0224.